The molecule has 0 bridgehead atoms. The topological polar surface area (TPSA) is 34.1 Å². The monoisotopic (exact) mass is 314 g/mol. The number of thioether (sulfide) groups is 1. The van der Waals surface area contributed by atoms with E-state index in [2.05, 4.69) is 16.4 Å². The van der Waals surface area contributed by atoms with E-state index in [0.29, 0.717) is 0 Å². The van der Waals surface area contributed by atoms with E-state index in [1.54, 1.807) is 30.1 Å². The summed E-state index contributed by atoms with van der Waals surface area (Å²) in [4.78, 5) is 5.54. The van der Waals surface area contributed by atoms with E-state index in [-0.39, 0.29) is 11.6 Å². The molecule has 1 aromatic heterocycles. The van der Waals surface area contributed by atoms with E-state index >= 15 is 0 Å². The number of rotatable bonds is 4. The molecule has 0 radical (unpaired) electrons. The highest BCUT2D eigenvalue weighted by Gasteiger charge is 2.07. The Morgan fingerprint density at radius 3 is 2.77 bits per heavy atom. The number of pyridine rings is 1. The van der Waals surface area contributed by atoms with Gasteiger partial charge in [0.25, 0.3) is 0 Å². The summed E-state index contributed by atoms with van der Waals surface area (Å²) in [5.74, 6) is -0.162. The molecule has 0 saturated carbocycles. The second-order valence-corrected chi connectivity index (χ2v) is 5.60. The molecule has 5 heteroatoms. The van der Waals surface area contributed by atoms with Gasteiger partial charge in [0, 0.05) is 33.9 Å². The van der Waals surface area contributed by atoms with E-state index in [1.165, 1.54) is 18.1 Å². The predicted molar refractivity (Wildman–Crippen MR) is 89.8 cm³/mol. The molecule has 1 N–H and O–H groups in total. The van der Waals surface area contributed by atoms with Crippen molar-refractivity contribution in [2.75, 3.05) is 18.7 Å². The lowest BCUT2D eigenvalue weighted by Crippen LogP contribution is -1.95. The molecule has 0 unspecified atom stereocenters. The minimum absolute atomic E-state index is 0.216. The number of hydrogen-bond donors (Lipinski definition) is 1. The number of anilines is 2. The first-order valence-electron chi connectivity index (χ1n) is 6.74. The van der Waals surface area contributed by atoms with Gasteiger partial charge in [0.2, 0.25) is 0 Å². The van der Waals surface area contributed by atoms with Crippen LogP contribution in [0.3, 0.4) is 0 Å². The van der Waals surface area contributed by atoms with Crippen molar-refractivity contribution in [3.63, 3.8) is 0 Å². The average Bonchev–Trinajstić information content (AvgIpc) is 2.56. The number of nitrogens with one attached hydrogen (secondary N) is 1. The Bertz CT molecular complexity index is 823. The van der Waals surface area contributed by atoms with Crippen LogP contribution >= 0.6 is 11.8 Å². The van der Waals surface area contributed by atoms with Crippen LogP contribution in [0.4, 0.5) is 15.8 Å². The number of fused-ring (bicyclic) bond motifs is 1. The second kappa shape index (κ2) is 6.23. The molecule has 1 heterocycles. The third kappa shape index (κ3) is 2.85. The number of benzene rings is 2. The molecular formula is C17H15FN2OS. The number of halogens is 1. The highest BCUT2D eigenvalue weighted by molar-refractivity contribution is 7.98. The third-order valence-electron chi connectivity index (χ3n) is 3.38. The molecule has 3 aromatic rings. The zero-order valence-electron chi connectivity index (χ0n) is 12.3. The molecule has 3 nitrogen and oxygen atoms in total. The normalized spacial score (nSPS) is 10.7. The Balaban J connectivity index is 2.03. The molecule has 0 aliphatic carbocycles. The van der Waals surface area contributed by atoms with Crippen molar-refractivity contribution in [1.29, 1.82) is 0 Å². The Hall–Kier alpha value is -2.27. The van der Waals surface area contributed by atoms with Gasteiger partial charge in [0.05, 0.1) is 12.6 Å². The van der Waals surface area contributed by atoms with Crippen molar-refractivity contribution in [3.8, 4) is 5.75 Å². The van der Waals surface area contributed by atoms with E-state index in [0.717, 1.165) is 22.3 Å². The Morgan fingerprint density at radius 2 is 2.00 bits per heavy atom. The molecule has 0 aliphatic heterocycles. The second-order valence-electron chi connectivity index (χ2n) is 4.72. The van der Waals surface area contributed by atoms with E-state index in [4.69, 9.17) is 4.74 Å². The van der Waals surface area contributed by atoms with Crippen molar-refractivity contribution < 1.29 is 9.13 Å². The van der Waals surface area contributed by atoms with Gasteiger partial charge in [-0.25, -0.2) is 4.39 Å². The summed E-state index contributed by atoms with van der Waals surface area (Å²) in [6.45, 7) is 0. The number of hydrogen-bond acceptors (Lipinski definition) is 4. The summed E-state index contributed by atoms with van der Waals surface area (Å²) in [5, 5.41) is 4.33. The molecule has 0 spiro atoms. The van der Waals surface area contributed by atoms with Crippen molar-refractivity contribution in [2.24, 2.45) is 0 Å². The standard InChI is InChI=1S/C17H15FN2OS/c1-21-17-9-11(3-5-14(17)18)20-16-7-8-19-15-6-4-12(22-2)10-13(15)16/h3-10H,1-2H3,(H,19,20). The first-order valence-corrected chi connectivity index (χ1v) is 7.97. The lowest BCUT2D eigenvalue weighted by Gasteiger charge is -2.11. The van der Waals surface area contributed by atoms with Gasteiger partial charge < -0.3 is 10.1 Å². The van der Waals surface area contributed by atoms with Crippen LogP contribution < -0.4 is 10.1 Å². The lowest BCUT2D eigenvalue weighted by atomic mass is 10.2. The van der Waals surface area contributed by atoms with Crippen LogP contribution in [0.25, 0.3) is 10.9 Å². The maximum atomic E-state index is 13.5. The fourth-order valence-electron chi connectivity index (χ4n) is 2.25. The Morgan fingerprint density at radius 1 is 1.14 bits per heavy atom. The fraction of sp³-hybridized carbons (Fsp3) is 0.118. The molecule has 0 atom stereocenters. The van der Waals surface area contributed by atoms with E-state index in [1.807, 2.05) is 24.5 Å². The summed E-state index contributed by atoms with van der Waals surface area (Å²) < 4.78 is 18.5. The Kier molecular flexibility index (Phi) is 4.15. The zero-order valence-corrected chi connectivity index (χ0v) is 13.1. The van der Waals surface area contributed by atoms with Crippen molar-refractivity contribution >= 4 is 34.0 Å². The third-order valence-corrected chi connectivity index (χ3v) is 4.10. The van der Waals surface area contributed by atoms with Gasteiger partial charge in [-0.05, 0) is 42.7 Å². The highest BCUT2D eigenvalue weighted by atomic mass is 32.2. The molecule has 0 aliphatic rings. The van der Waals surface area contributed by atoms with Crippen LogP contribution in [-0.4, -0.2) is 18.3 Å². The van der Waals surface area contributed by atoms with Crippen LogP contribution in [0.2, 0.25) is 0 Å². The largest absolute Gasteiger partial charge is 0.494 e. The van der Waals surface area contributed by atoms with Crippen LogP contribution in [0.1, 0.15) is 0 Å². The summed E-state index contributed by atoms with van der Waals surface area (Å²) in [5.41, 5.74) is 2.60. The quantitative estimate of drug-likeness (QED) is 0.698. The fourth-order valence-corrected chi connectivity index (χ4v) is 2.69. The Labute approximate surface area is 132 Å². The van der Waals surface area contributed by atoms with Crippen LogP contribution in [0.15, 0.2) is 53.6 Å². The first kappa shape index (κ1) is 14.7. The van der Waals surface area contributed by atoms with Crippen LogP contribution in [0, 0.1) is 5.82 Å². The minimum atomic E-state index is -0.377. The maximum absolute atomic E-state index is 13.5. The van der Waals surface area contributed by atoms with Crippen molar-refractivity contribution in [3.05, 3.63) is 54.5 Å². The van der Waals surface area contributed by atoms with Gasteiger partial charge in [-0.15, -0.1) is 11.8 Å². The predicted octanol–water partition coefficient (Wildman–Crippen LogP) is 4.85. The van der Waals surface area contributed by atoms with Crippen molar-refractivity contribution in [2.45, 2.75) is 4.90 Å². The number of ether oxygens (including phenoxy) is 1. The van der Waals surface area contributed by atoms with Gasteiger partial charge in [0.1, 0.15) is 0 Å². The van der Waals surface area contributed by atoms with E-state index < -0.39 is 0 Å². The van der Waals surface area contributed by atoms with Crippen LogP contribution in [-0.2, 0) is 0 Å². The number of nitrogens with zero attached hydrogens (tertiary/aromatic N) is 1. The SMILES string of the molecule is COc1cc(Nc2ccnc3ccc(SC)cc23)ccc1F. The van der Waals surface area contributed by atoms with Gasteiger partial charge in [-0.3, -0.25) is 4.98 Å². The number of methoxy groups -OCH3 is 1. The smallest absolute Gasteiger partial charge is 0.165 e. The highest BCUT2D eigenvalue weighted by Crippen LogP contribution is 2.30. The van der Waals surface area contributed by atoms with Gasteiger partial charge >= 0.3 is 0 Å². The molecule has 0 saturated heterocycles. The molecular weight excluding hydrogens is 299 g/mol. The average molecular weight is 314 g/mol. The molecule has 0 fully saturated rings. The zero-order chi connectivity index (χ0) is 15.5. The minimum Gasteiger partial charge on any atom is -0.494 e. The molecule has 2 aromatic carbocycles. The molecule has 3 rings (SSSR count). The summed E-state index contributed by atoms with van der Waals surface area (Å²) in [6, 6.07) is 12.8. The number of aromatic nitrogens is 1. The van der Waals surface area contributed by atoms with Gasteiger partial charge in [-0.2, -0.15) is 0 Å². The van der Waals surface area contributed by atoms with Gasteiger partial charge in [-0.1, -0.05) is 0 Å². The van der Waals surface area contributed by atoms with Crippen molar-refractivity contribution in [1.82, 2.24) is 4.98 Å². The maximum Gasteiger partial charge on any atom is 0.165 e. The molecule has 22 heavy (non-hydrogen) atoms. The van der Waals surface area contributed by atoms with E-state index in [9.17, 15) is 4.39 Å². The summed E-state index contributed by atoms with van der Waals surface area (Å²) in [6.07, 6.45) is 3.79. The van der Waals surface area contributed by atoms with Crippen LogP contribution in [0.5, 0.6) is 5.75 Å². The summed E-state index contributed by atoms with van der Waals surface area (Å²) >= 11 is 1.68. The molecule has 0 amide bonds. The summed E-state index contributed by atoms with van der Waals surface area (Å²) in [7, 11) is 1.45. The lowest BCUT2D eigenvalue weighted by molar-refractivity contribution is 0.387. The first-order chi connectivity index (χ1) is 10.7. The molecule has 112 valence electrons. The van der Waals surface area contributed by atoms with Gasteiger partial charge in [0.15, 0.2) is 11.6 Å².